The van der Waals surface area contributed by atoms with E-state index in [2.05, 4.69) is 5.10 Å². The molecular weight excluding hydrogens is 366 g/mol. The average molecular weight is 387 g/mol. The number of hydrogen-bond acceptors (Lipinski definition) is 4. The smallest absolute Gasteiger partial charge is 0.331 e. The highest BCUT2D eigenvalue weighted by atomic mass is 16.4. The predicted octanol–water partition coefficient (Wildman–Crippen LogP) is 4.15. The Morgan fingerprint density at radius 1 is 1.21 bits per heavy atom. The molecule has 3 rings (SSSR count). The predicted molar refractivity (Wildman–Crippen MR) is 111 cm³/mol. The van der Waals surface area contributed by atoms with Gasteiger partial charge in [0.1, 0.15) is 0 Å². The van der Waals surface area contributed by atoms with Gasteiger partial charge in [-0.05, 0) is 55.7 Å². The molecule has 1 aliphatic rings. The molecule has 2 aromatic carbocycles. The third-order valence-corrected chi connectivity index (χ3v) is 4.86. The van der Waals surface area contributed by atoms with Gasteiger partial charge in [0.25, 0.3) is 5.91 Å². The third kappa shape index (κ3) is 4.41. The van der Waals surface area contributed by atoms with Gasteiger partial charge in [-0.15, -0.1) is 0 Å². The molecular formula is C23H21N3O3. The standard InChI is InChI=1S/C23H21N3O3/c1-3-21-20(22(27)26(25-21)19-10-4-15(2)5-11-19)13-18(23(28)29)12-16-6-8-17(14-24)9-7-16/h4-12,20H,3,13H2,1-2H3,(H,28,29). The first-order chi connectivity index (χ1) is 13.9. The number of carboxylic acids is 1. The number of hydrogen-bond donors (Lipinski definition) is 1. The topological polar surface area (TPSA) is 93.8 Å². The summed E-state index contributed by atoms with van der Waals surface area (Å²) < 4.78 is 0. The van der Waals surface area contributed by atoms with Crippen LogP contribution in [0.4, 0.5) is 5.69 Å². The Hall–Kier alpha value is -3.72. The van der Waals surface area contributed by atoms with Crippen molar-refractivity contribution in [3.8, 4) is 6.07 Å². The molecule has 0 aliphatic carbocycles. The maximum absolute atomic E-state index is 13.0. The zero-order valence-corrected chi connectivity index (χ0v) is 16.3. The summed E-state index contributed by atoms with van der Waals surface area (Å²) in [4.78, 5) is 24.8. The second-order valence-corrected chi connectivity index (χ2v) is 6.90. The van der Waals surface area contributed by atoms with Crippen LogP contribution in [0.3, 0.4) is 0 Å². The van der Waals surface area contributed by atoms with E-state index in [0.717, 1.165) is 5.56 Å². The molecule has 146 valence electrons. The highest BCUT2D eigenvalue weighted by Crippen LogP contribution is 2.29. The van der Waals surface area contributed by atoms with Crippen molar-refractivity contribution in [3.05, 3.63) is 70.8 Å². The summed E-state index contributed by atoms with van der Waals surface area (Å²) in [5.74, 6) is -1.91. The van der Waals surface area contributed by atoms with Crippen molar-refractivity contribution in [2.24, 2.45) is 11.0 Å². The molecule has 6 nitrogen and oxygen atoms in total. The Bertz CT molecular complexity index is 1030. The Morgan fingerprint density at radius 3 is 2.41 bits per heavy atom. The number of nitriles is 1. The maximum Gasteiger partial charge on any atom is 0.331 e. The molecule has 1 unspecified atom stereocenters. The summed E-state index contributed by atoms with van der Waals surface area (Å²) in [6.45, 7) is 3.87. The highest BCUT2D eigenvalue weighted by Gasteiger charge is 2.37. The lowest BCUT2D eigenvalue weighted by Crippen LogP contribution is -2.28. The van der Waals surface area contributed by atoms with Crippen molar-refractivity contribution >= 4 is 29.4 Å². The average Bonchev–Trinajstić information content (AvgIpc) is 3.04. The van der Waals surface area contributed by atoms with Gasteiger partial charge >= 0.3 is 5.97 Å². The largest absolute Gasteiger partial charge is 0.478 e. The fourth-order valence-electron chi connectivity index (χ4n) is 3.21. The quantitative estimate of drug-likeness (QED) is 0.753. The van der Waals surface area contributed by atoms with Crippen LogP contribution in [-0.2, 0) is 9.59 Å². The first-order valence-electron chi connectivity index (χ1n) is 9.35. The first kappa shape index (κ1) is 20.0. The van der Waals surface area contributed by atoms with E-state index < -0.39 is 11.9 Å². The van der Waals surface area contributed by atoms with E-state index in [4.69, 9.17) is 5.26 Å². The van der Waals surface area contributed by atoms with Gasteiger partial charge in [-0.1, -0.05) is 36.8 Å². The lowest BCUT2D eigenvalue weighted by atomic mass is 9.92. The zero-order valence-electron chi connectivity index (χ0n) is 16.3. The van der Waals surface area contributed by atoms with Crippen LogP contribution in [0.15, 0.2) is 59.2 Å². The summed E-state index contributed by atoms with van der Waals surface area (Å²) in [5.41, 5.74) is 3.70. The van der Waals surface area contributed by atoms with Crippen LogP contribution >= 0.6 is 0 Å². The van der Waals surface area contributed by atoms with E-state index in [1.165, 1.54) is 5.01 Å². The first-order valence-corrected chi connectivity index (χ1v) is 9.35. The molecule has 0 saturated carbocycles. The van der Waals surface area contributed by atoms with Crippen molar-refractivity contribution in [1.82, 2.24) is 0 Å². The molecule has 1 amide bonds. The van der Waals surface area contributed by atoms with Crippen LogP contribution in [0, 0.1) is 24.2 Å². The van der Waals surface area contributed by atoms with Crippen molar-refractivity contribution in [2.75, 3.05) is 5.01 Å². The second kappa shape index (κ2) is 8.53. The molecule has 1 aliphatic heterocycles. The number of rotatable bonds is 6. The SMILES string of the molecule is CCC1=NN(c2ccc(C)cc2)C(=O)C1CC(=Cc1ccc(C#N)cc1)C(=O)O. The number of amides is 1. The Kier molecular flexibility index (Phi) is 5.89. The van der Waals surface area contributed by atoms with Crippen LogP contribution in [0.1, 0.15) is 36.5 Å². The summed E-state index contributed by atoms with van der Waals surface area (Å²) in [7, 11) is 0. The number of aryl methyl sites for hydroxylation is 1. The lowest BCUT2D eigenvalue weighted by Gasteiger charge is -2.15. The van der Waals surface area contributed by atoms with E-state index in [9.17, 15) is 14.7 Å². The van der Waals surface area contributed by atoms with Crippen molar-refractivity contribution in [3.63, 3.8) is 0 Å². The van der Waals surface area contributed by atoms with Gasteiger partial charge in [-0.25, -0.2) is 9.80 Å². The molecule has 29 heavy (non-hydrogen) atoms. The maximum atomic E-state index is 13.0. The number of benzene rings is 2. The Labute approximate surface area is 169 Å². The second-order valence-electron chi connectivity index (χ2n) is 6.90. The van der Waals surface area contributed by atoms with Crippen LogP contribution in [0.2, 0.25) is 0 Å². The molecule has 0 bridgehead atoms. The number of carbonyl (C=O) groups excluding carboxylic acids is 1. The Morgan fingerprint density at radius 2 is 1.86 bits per heavy atom. The monoisotopic (exact) mass is 387 g/mol. The van der Waals surface area contributed by atoms with Crippen LogP contribution in [0.25, 0.3) is 6.08 Å². The van der Waals surface area contributed by atoms with Crippen LogP contribution in [-0.4, -0.2) is 22.7 Å². The van der Waals surface area contributed by atoms with Crippen molar-refractivity contribution in [2.45, 2.75) is 26.7 Å². The summed E-state index contributed by atoms with van der Waals surface area (Å²) in [5, 5.41) is 24.4. The van der Waals surface area contributed by atoms with Gasteiger partial charge in [-0.3, -0.25) is 4.79 Å². The number of aliphatic carboxylic acids is 1. The molecule has 0 fully saturated rings. The molecule has 1 N–H and O–H groups in total. The number of anilines is 1. The van der Waals surface area contributed by atoms with Gasteiger partial charge in [0.2, 0.25) is 0 Å². The number of carboxylic acid groups (broad SMARTS) is 1. The van der Waals surface area contributed by atoms with Crippen LogP contribution in [0.5, 0.6) is 0 Å². The molecule has 0 radical (unpaired) electrons. The number of nitrogens with zero attached hydrogens (tertiary/aromatic N) is 3. The van der Waals surface area contributed by atoms with Gasteiger partial charge in [0.15, 0.2) is 0 Å². The fourth-order valence-corrected chi connectivity index (χ4v) is 3.21. The molecule has 0 spiro atoms. The zero-order chi connectivity index (χ0) is 21.0. The summed E-state index contributed by atoms with van der Waals surface area (Å²) in [6, 6.07) is 16.1. The molecule has 1 atom stereocenters. The Balaban J connectivity index is 1.87. The van der Waals surface area contributed by atoms with E-state index in [0.29, 0.717) is 28.9 Å². The minimum absolute atomic E-state index is 0.0587. The molecule has 1 heterocycles. The molecule has 6 heteroatoms. The lowest BCUT2D eigenvalue weighted by molar-refractivity contribution is -0.132. The number of carbonyl (C=O) groups is 2. The van der Waals surface area contributed by atoms with Gasteiger partial charge < -0.3 is 5.11 Å². The minimum atomic E-state index is -1.08. The highest BCUT2D eigenvalue weighted by molar-refractivity contribution is 6.16. The van der Waals surface area contributed by atoms with E-state index in [1.54, 1.807) is 30.3 Å². The van der Waals surface area contributed by atoms with Gasteiger partial charge in [-0.2, -0.15) is 10.4 Å². The molecule has 2 aromatic rings. The normalized spacial score (nSPS) is 16.5. The summed E-state index contributed by atoms with van der Waals surface area (Å²) in [6.07, 6.45) is 2.16. The van der Waals surface area contributed by atoms with E-state index >= 15 is 0 Å². The van der Waals surface area contributed by atoms with Crippen molar-refractivity contribution in [1.29, 1.82) is 5.26 Å². The van der Waals surface area contributed by atoms with E-state index in [1.807, 2.05) is 44.2 Å². The minimum Gasteiger partial charge on any atom is -0.478 e. The molecule has 0 saturated heterocycles. The number of hydrazone groups is 1. The molecule has 0 aromatic heterocycles. The van der Waals surface area contributed by atoms with E-state index in [-0.39, 0.29) is 17.9 Å². The fraction of sp³-hybridized carbons (Fsp3) is 0.217. The van der Waals surface area contributed by atoms with Gasteiger partial charge in [0.05, 0.1) is 28.9 Å². The van der Waals surface area contributed by atoms with Crippen molar-refractivity contribution < 1.29 is 14.7 Å². The summed E-state index contributed by atoms with van der Waals surface area (Å²) >= 11 is 0. The van der Waals surface area contributed by atoms with Gasteiger partial charge in [0, 0.05) is 5.57 Å². The third-order valence-electron chi connectivity index (χ3n) is 4.86. The van der Waals surface area contributed by atoms with Crippen LogP contribution < -0.4 is 5.01 Å².